The normalized spacial score (nSPS) is 10.2. The van der Waals surface area contributed by atoms with Gasteiger partial charge in [0, 0.05) is 35.0 Å². The highest BCUT2D eigenvalue weighted by Gasteiger charge is 2.16. The van der Waals surface area contributed by atoms with E-state index in [-0.39, 0.29) is 10.8 Å². The molecule has 0 aliphatic carbocycles. The number of ether oxygens (including phenoxy) is 2. The average molecular weight is 385 g/mol. The van der Waals surface area contributed by atoms with Crippen LogP contribution in [0.25, 0.3) is 11.3 Å². The van der Waals surface area contributed by atoms with Gasteiger partial charge in [-0.3, -0.25) is 9.78 Å². The zero-order chi connectivity index (χ0) is 18.5. The van der Waals surface area contributed by atoms with Crippen LogP contribution in [0.5, 0.6) is 11.5 Å². The van der Waals surface area contributed by atoms with E-state index in [0.29, 0.717) is 22.2 Å². The Labute approximate surface area is 159 Å². The smallest absolute Gasteiger partial charge is 0.220 e. The fourth-order valence-corrected chi connectivity index (χ4v) is 3.20. The topological polar surface area (TPSA) is 73.3 Å². The van der Waals surface area contributed by atoms with Gasteiger partial charge in [0.15, 0.2) is 10.1 Å². The number of ketones is 1. The molecule has 2 aromatic heterocycles. The molecule has 1 N–H and O–H groups in total. The van der Waals surface area contributed by atoms with Gasteiger partial charge in [-0.05, 0) is 24.3 Å². The van der Waals surface area contributed by atoms with Crippen molar-refractivity contribution in [1.82, 2.24) is 9.97 Å². The summed E-state index contributed by atoms with van der Waals surface area (Å²) in [5.74, 6) is 0.697. The summed E-state index contributed by atoms with van der Waals surface area (Å²) >= 11 is 6.60. The average Bonchev–Trinajstić information content (AvgIpc) is 3.16. The molecule has 0 saturated heterocycles. The van der Waals surface area contributed by atoms with E-state index >= 15 is 0 Å². The number of thiocarbonyl (C=S) groups is 1. The van der Waals surface area contributed by atoms with E-state index in [9.17, 15) is 4.79 Å². The molecule has 0 amide bonds. The van der Waals surface area contributed by atoms with Crippen LogP contribution in [0.1, 0.15) is 10.4 Å². The molecule has 0 aliphatic heterocycles. The lowest BCUT2D eigenvalue weighted by Gasteiger charge is -2.08. The highest BCUT2D eigenvalue weighted by Crippen LogP contribution is 2.26. The van der Waals surface area contributed by atoms with Crippen LogP contribution in [0.2, 0.25) is 0 Å². The third-order valence-corrected chi connectivity index (χ3v) is 4.55. The first-order valence-electron chi connectivity index (χ1n) is 7.55. The van der Waals surface area contributed by atoms with Crippen molar-refractivity contribution in [2.75, 3.05) is 19.5 Å². The Bertz CT molecular complexity index is 920. The molecular formula is C18H15N3O3S2. The maximum absolute atomic E-state index is 12.6. The Morgan fingerprint density at radius 2 is 1.92 bits per heavy atom. The number of hydrogen-bond acceptors (Lipinski definition) is 7. The van der Waals surface area contributed by atoms with Gasteiger partial charge in [-0.25, -0.2) is 4.98 Å². The summed E-state index contributed by atoms with van der Waals surface area (Å²) < 4.78 is 10.4. The Hall–Kier alpha value is -2.84. The third-order valence-electron chi connectivity index (χ3n) is 3.50. The fraction of sp³-hybridized carbons (Fsp3) is 0.111. The summed E-state index contributed by atoms with van der Waals surface area (Å²) in [5.41, 5.74) is 2.04. The number of Topliss-reactive ketones (excluding diaryl/α,β-unsaturated/α-hetero) is 1. The van der Waals surface area contributed by atoms with E-state index in [4.69, 9.17) is 21.7 Å². The second-order valence-corrected chi connectivity index (χ2v) is 6.43. The minimum absolute atomic E-state index is 0.0485. The van der Waals surface area contributed by atoms with Crippen molar-refractivity contribution in [3.8, 4) is 22.8 Å². The van der Waals surface area contributed by atoms with Gasteiger partial charge in [0.2, 0.25) is 5.78 Å². The van der Waals surface area contributed by atoms with Gasteiger partial charge in [0.05, 0.1) is 19.9 Å². The van der Waals surface area contributed by atoms with Gasteiger partial charge >= 0.3 is 0 Å². The highest BCUT2D eigenvalue weighted by molar-refractivity contribution is 7.82. The van der Waals surface area contributed by atoms with Crippen LogP contribution in [0.3, 0.4) is 0 Å². The zero-order valence-corrected chi connectivity index (χ0v) is 15.7. The molecule has 26 heavy (non-hydrogen) atoms. The second kappa shape index (κ2) is 8.03. The number of thiazole rings is 1. The molecule has 0 fully saturated rings. The van der Waals surface area contributed by atoms with Crippen LogP contribution >= 0.6 is 23.6 Å². The summed E-state index contributed by atoms with van der Waals surface area (Å²) in [5, 5.41) is 5.31. The van der Waals surface area contributed by atoms with Crippen molar-refractivity contribution < 1.29 is 14.3 Å². The monoisotopic (exact) mass is 385 g/mol. The van der Waals surface area contributed by atoms with Gasteiger partial charge in [-0.1, -0.05) is 12.2 Å². The Morgan fingerprint density at radius 3 is 2.54 bits per heavy atom. The first-order chi connectivity index (χ1) is 12.6. The molecule has 0 spiro atoms. The van der Waals surface area contributed by atoms with Crippen molar-refractivity contribution >= 4 is 39.5 Å². The molecule has 2 heterocycles. The number of carbonyl (C=O) groups is 1. The highest BCUT2D eigenvalue weighted by atomic mass is 32.1. The van der Waals surface area contributed by atoms with Crippen molar-refractivity contribution in [1.29, 1.82) is 0 Å². The fourth-order valence-electron chi connectivity index (χ4n) is 2.20. The molecule has 0 saturated carbocycles. The molecule has 3 aromatic rings. The van der Waals surface area contributed by atoms with Gasteiger partial charge in [0.25, 0.3) is 0 Å². The quantitative estimate of drug-likeness (QED) is 0.510. The maximum Gasteiger partial charge on any atom is 0.220 e. The molecule has 6 nitrogen and oxygen atoms in total. The lowest BCUT2D eigenvalue weighted by molar-refractivity contribution is 0.106. The number of methoxy groups -OCH3 is 2. The van der Waals surface area contributed by atoms with E-state index in [2.05, 4.69) is 15.3 Å². The zero-order valence-electron chi connectivity index (χ0n) is 14.1. The molecule has 0 atom stereocenters. The van der Waals surface area contributed by atoms with Crippen molar-refractivity contribution in [3.05, 3.63) is 53.7 Å². The van der Waals surface area contributed by atoms with Crippen LogP contribution in [-0.4, -0.2) is 35.0 Å². The number of hydrogen-bond donors (Lipinski definition) is 1. The SMILES string of the molecule is COc1cc(OC)cc(C(=O)C(=S)Nc2nc(-c3cccnc3)cs2)c1. The number of nitrogens with one attached hydrogen (secondary N) is 1. The van der Waals surface area contributed by atoms with Crippen LogP contribution in [0.4, 0.5) is 5.13 Å². The number of aromatic nitrogens is 2. The van der Waals surface area contributed by atoms with Gasteiger partial charge in [-0.15, -0.1) is 11.3 Å². The lowest BCUT2D eigenvalue weighted by atomic mass is 10.1. The Kier molecular flexibility index (Phi) is 5.55. The van der Waals surface area contributed by atoms with E-state index in [1.807, 2.05) is 17.5 Å². The van der Waals surface area contributed by atoms with Crippen molar-refractivity contribution in [2.24, 2.45) is 0 Å². The first kappa shape index (κ1) is 18.0. The number of pyridine rings is 1. The van der Waals surface area contributed by atoms with Crippen molar-refractivity contribution in [2.45, 2.75) is 0 Å². The maximum atomic E-state index is 12.6. The number of nitrogens with zero attached hydrogens (tertiary/aromatic N) is 2. The summed E-state index contributed by atoms with van der Waals surface area (Å²) in [6, 6.07) is 8.67. The van der Waals surface area contributed by atoms with Gasteiger partial charge < -0.3 is 14.8 Å². The lowest BCUT2D eigenvalue weighted by Crippen LogP contribution is -2.20. The minimum Gasteiger partial charge on any atom is -0.497 e. The summed E-state index contributed by atoms with van der Waals surface area (Å²) in [6.45, 7) is 0. The molecule has 0 unspecified atom stereocenters. The number of benzene rings is 1. The molecule has 132 valence electrons. The van der Waals surface area contributed by atoms with Gasteiger partial charge in [0.1, 0.15) is 11.5 Å². The van der Waals surface area contributed by atoms with Crippen LogP contribution in [-0.2, 0) is 0 Å². The second-order valence-electron chi connectivity index (χ2n) is 5.16. The number of carbonyl (C=O) groups excluding carboxylic acids is 1. The predicted molar refractivity (Wildman–Crippen MR) is 105 cm³/mol. The molecule has 8 heteroatoms. The molecule has 0 aliphatic rings. The van der Waals surface area contributed by atoms with E-state index in [1.165, 1.54) is 25.6 Å². The Balaban J connectivity index is 1.76. The van der Waals surface area contributed by atoms with Crippen molar-refractivity contribution in [3.63, 3.8) is 0 Å². The molecule has 0 bridgehead atoms. The van der Waals surface area contributed by atoms with Crippen LogP contribution < -0.4 is 14.8 Å². The summed E-state index contributed by atoms with van der Waals surface area (Å²) in [4.78, 5) is 21.2. The largest absolute Gasteiger partial charge is 0.497 e. The van der Waals surface area contributed by atoms with Gasteiger partial charge in [-0.2, -0.15) is 0 Å². The molecule has 3 rings (SSSR count). The first-order valence-corrected chi connectivity index (χ1v) is 8.84. The molecular weight excluding hydrogens is 370 g/mol. The molecule has 1 aromatic carbocycles. The summed E-state index contributed by atoms with van der Waals surface area (Å²) in [7, 11) is 3.05. The third kappa shape index (κ3) is 4.04. The number of anilines is 1. The summed E-state index contributed by atoms with van der Waals surface area (Å²) in [6.07, 6.45) is 3.43. The van der Waals surface area contributed by atoms with E-state index in [1.54, 1.807) is 30.6 Å². The Morgan fingerprint density at radius 1 is 1.19 bits per heavy atom. The van der Waals surface area contributed by atoms with E-state index < -0.39 is 0 Å². The number of rotatable bonds is 6. The van der Waals surface area contributed by atoms with Crippen LogP contribution in [0, 0.1) is 0 Å². The standard InChI is InChI=1S/C18H15N3O3S2/c1-23-13-6-12(7-14(8-13)24-2)16(22)17(25)21-18-20-15(10-26-18)11-4-3-5-19-9-11/h3-10H,1-2H3,(H,20,21,25). The minimum atomic E-state index is -0.338. The van der Waals surface area contributed by atoms with E-state index in [0.717, 1.165) is 11.3 Å². The molecule has 0 radical (unpaired) electrons. The van der Waals surface area contributed by atoms with Crippen LogP contribution in [0.15, 0.2) is 48.1 Å². The predicted octanol–water partition coefficient (Wildman–Crippen LogP) is 3.84.